The van der Waals surface area contributed by atoms with E-state index in [4.69, 9.17) is 4.74 Å². The summed E-state index contributed by atoms with van der Waals surface area (Å²) in [5.74, 6) is 1.45. The molecule has 30 heavy (non-hydrogen) atoms. The van der Waals surface area contributed by atoms with Gasteiger partial charge in [0.2, 0.25) is 5.13 Å². The molecule has 7 heteroatoms. The fourth-order valence-corrected chi connectivity index (χ4v) is 3.79. The number of aryl methyl sites for hydroxylation is 1. The van der Waals surface area contributed by atoms with Crippen LogP contribution in [-0.4, -0.2) is 35.0 Å². The summed E-state index contributed by atoms with van der Waals surface area (Å²) in [5, 5.41) is 7.22. The molecule has 0 saturated heterocycles. The van der Waals surface area contributed by atoms with Crippen LogP contribution in [0.4, 0.5) is 5.13 Å². The number of methoxy groups -OCH3 is 1. The van der Waals surface area contributed by atoms with Gasteiger partial charge in [0, 0.05) is 36.1 Å². The average molecular weight is 425 g/mol. The second-order valence-corrected chi connectivity index (χ2v) is 8.00. The number of hydrogen-bond acceptors (Lipinski definition) is 6. The summed E-state index contributed by atoms with van der Waals surface area (Å²) >= 11 is 1.35. The Morgan fingerprint density at radius 1 is 1.20 bits per heavy atom. The molecule has 0 bridgehead atoms. The van der Waals surface area contributed by atoms with Crippen molar-refractivity contribution in [2.75, 3.05) is 19.0 Å². The number of rotatable bonds is 10. The maximum absolute atomic E-state index is 12.6. The molecule has 0 aliphatic rings. The minimum Gasteiger partial charge on any atom is -0.497 e. The molecule has 1 aromatic heterocycles. The molecule has 1 amide bonds. The van der Waals surface area contributed by atoms with E-state index in [0.717, 1.165) is 29.5 Å². The van der Waals surface area contributed by atoms with Gasteiger partial charge in [0.1, 0.15) is 11.6 Å². The number of nitrogens with one attached hydrogen (secondary N) is 2. The molecule has 0 saturated carbocycles. The molecule has 1 atom stereocenters. The Balaban J connectivity index is 1.55. The Bertz CT molecular complexity index is 956. The molecule has 1 unspecified atom stereocenters. The number of carbonyl (C=O) groups excluding carboxylic acids is 1. The molecule has 0 spiro atoms. The third-order valence-electron chi connectivity index (χ3n) is 4.74. The van der Waals surface area contributed by atoms with E-state index >= 15 is 0 Å². The topological polar surface area (TPSA) is 76.1 Å². The maximum Gasteiger partial charge on any atom is 0.251 e. The molecule has 0 fully saturated rings. The Kier molecular flexibility index (Phi) is 7.79. The van der Waals surface area contributed by atoms with Gasteiger partial charge in [0.25, 0.3) is 5.91 Å². The number of amides is 1. The molecular weight excluding hydrogens is 396 g/mol. The van der Waals surface area contributed by atoms with Gasteiger partial charge >= 0.3 is 0 Å². The predicted molar refractivity (Wildman–Crippen MR) is 122 cm³/mol. The SMILES string of the molecule is CCCC(CNc1nc(Cc2cccc(C)c2)ns1)NC(=O)c1ccc(OC)cc1. The van der Waals surface area contributed by atoms with Gasteiger partial charge in [-0.2, -0.15) is 4.37 Å². The van der Waals surface area contributed by atoms with Crippen LogP contribution in [0, 0.1) is 6.92 Å². The van der Waals surface area contributed by atoms with Crippen molar-refractivity contribution < 1.29 is 9.53 Å². The zero-order chi connectivity index (χ0) is 21.3. The molecular formula is C23H28N4O2S. The molecule has 0 aliphatic carbocycles. The third-order valence-corrected chi connectivity index (χ3v) is 5.45. The zero-order valence-electron chi connectivity index (χ0n) is 17.6. The van der Waals surface area contributed by atoms with E-state index in [1.807, 2.05) is 0 Å². The molecule has 2 N–H and O–H groups in total. The number of aromatic nitrogens is 2. The maximum atomic E-state index is 12.6. The second kappa shape index (κ2) is 10.7. The van der Waals surface area contributed by atoms with Crippen molar-refractivity contribution in [2.45, 2.75) is 39.2 Å². The lowest BCUT2D eigenvalue weighted by Crippen LogP contribution is -2.39. The van der Waals surface area contributed by atoms with Gasteiger partial charge < -0.3 is 15.4 Å². The summed E-state index contributed by atoms with van der Waals surface area (Å²) in [4.78, 5) is 17.2. The van der Waals surface area contributed by atoms with Crippen molar-refractivity contribution in [1.82, 2.24) is 14.7 Å². The normalized spacial score (nSPS) is 11.7. The van der Waals surface area contributed by atoms with Gasteiger partial charge in [0.05, 0.1) is 7.11 Å². The highest BCUT2D eigenvalue weighted by Gasteiger charge is 2.14. The summed E-state index contributed by atoms with van der Waals surface area (Å²) in [6, 6.07) is 15.5. The predicted octanol–water partition coefficient (Wildman–Crippen LogP) is 4.46. The van der Waals surface area contributed by atoms with Crippen molar-refractivity contribution >= 4 is 22.6 Å². The largest absolute Gasteiger partial charge is 0.497 e. The smallest absolute Gasteiger partial charge is 0.251 e. The average Bonchev–Trinajstić information content (AvgIpc) is 3.19. The molecule has 3 aromatic rings. The Morgan fingerprint density at radius 2 is 2.00 bits per heavy atom. The lowest BCUT2D eigenvalue weighted by atomic mass is 10.1. The molecule has 6 nitrogen and oxygen atoms in total. The number of benzene rings is 2. The standard InChI is InChI=1S/C23H28N4O2S/c1-4-6-19(25-22(28)18-9-11-20(29-3)12-10-18)15-24-23-26-21(27-30-23)14-17-8-5-7-16(2)13-17/h5,7-13,19H,4,6,14-15H2,1-3H3,(H,25,28)(H,24,26,27). The first-order valence-electron chi connectivity index (χ1n) is 10.1. The van der Waals surface area contributed by atoms with Crippen LogP contribution in [0.3, 0.4) is 0 Å². The highest BCUT2D eigenvalue weighted by Crippen LogP contribution is 2.16. The van der Waals surface area contributed by atoms with Gasteiger partial charge in [-0.25, -0.2) is 4.98 Å². The van der Waals surface area contributed by atoms with Gasteiger partial charge in [-0.15, -0.1) is 0 Å². The number of anilines is 1. The van der Waals surface area contributed by atoms with Gasteiger partial charge in [-0.05, 0) is 43.2 Å². The minimum atomic E-state index is -0.0877. The summed E-state index contributed by atoms with van der Waals surface area (Å²) in [6.45, 7) is 4.80. The van der Waals surface area contributed by atoms with Crippen LogP contribution in [0.15, 0.2) is 48.5 Å². The van der Waals surface area contributed by atoms with Crippen LogP contribution >= 0.6 is 11.5 Å². The molecule has 2 aromatic carbocycles. The fraction of sp³-hybridized carbons (Fsp3) is 0.348. The van der Waals surface area contributed by atoms with E-state index in [2.05, 4.69) is 58.1 Å². The second-order valence-electron chi connectivity index (χ2n) is 7.25. The van der Waals surface area contributed by atoms with Crippen molar-refractivity contribution in [3.8, 4) is 5.75 Å². The van der Waals surface area contributed by atoms with Crippen molar-refractivity contribution in [1.29, 1.82) is 0 Å². The molecule has 1 heterocycles. The highest BCUT2D eigenvalue weighted by molar-refractivity contribution is 7.09. The van der Waals surface area contributed by atoms with Gasteiger partial charge in [-0.3, -0.25) is 4.79 Å². The quantitative estimate of drug-likeness (QED) is 0.503. The lowest BCUT2D eigenvalue weighted by molar-refractivity contribution is 0.0937. The monoisotopic (exact) mass is 424 g/mol. The van der Waals surface area contributed by atoms with Crippen molar-refractivity contribution in [3.63, 3.8) is 0 Å². The Morgan fingerprint density at radius 3 is 2.70 bits per heavy atom. The highest BCUT2D eigenvalue weighted by atomic mass is 32.1. The van der Waals surface area contributed by atoms with Crippen LogP contribution in [-0.2, 0) is 6.42 Å². The van der Waals surface area contributed by atoms with E-state index in [9.17, 15) is 4.79 Å². The van der Waals surface area contributed by atoms with Gasteiger partial charge in [0.15, 0.2) is 0 Å². The van der Waals surface area contributed by atoms with Gasteiger partial charge in [-0.1, -0.05) is 43.2 Å². The van der Waals surface area contributed by atoms with E-state index < -0.39 is 0 Å². The van der Waals surface area contributed by atoms with E-state index in [-0.39, 0.29) is 11.9 Å². The molecule has 3 rings (SSSR count). The fourth-order valence-electron chi connectivity index (χ4n) is 3.20. The molecule has 158 valence electrons. The van der Waals surface area contributed by atoms with Crippen molar-refractivity contribution in [2.24, 2.45) is 0 Å². The van der Waals surface area contributed by atoms with E-state index in [1.165, 1.54) is 22.7 Å². The first-order chi connectivity index (χ1) is 14.6. The summed E-state index contributed by atoms with van der Waals surface area (Å²) in [5.41, 5.74) is 3.05. The van der Waals surface area contributed by atoms with Crippen molar-refractivity contribution in [3.05, 3.63) is 71.0 Å². The molecule has 0 radical (unpaired) electrons. The number of nitrogens with zero attached hydrogens (tertiary/aromatic N) is 2. The minimum absolute atomic E-state index is 0.00808. The first-order valence-corrected chi connectivity index (χ1v) is 10.9. The first kappa shape index (κ1) is 21.8. The number of hydrogen-bond donors (Lipinski definition) is 2. The van der Waals surface area contributed by atoms with Crippen LogP contribution in [0.1, 0.15) is 47.1 Å². The Hall–Kier alpha value is -2.93. The van der Waals surface area contributed by atoms with Crippen LogP contribution in [0.5, 0.6) is 5.75 Å². The summed E-state index contributed by atoms with van der Waals surface area (Å²) in [7, 11) is 1.61. The van der Waals surface area contributed by atoms with Crippen LogP contribution in [0.2, 0.25) is 0 Å². The summed E-state index contributed by atoms with van der Waals surface area (Å²) < 4.78 is 9.61. The third kappa shape index (κ3) is 6.29. The number of carbonyl (C=O) groups is 1. The molecule has 0 aliphatic heterocycles. The number of ether oxygens (including phenoxy) is 1. The Labute approximate surface area is 181 Å². The summed E-state index contributed by atoms with van der Waals surface area (Å²) in [6.07, 6.45) is 2.57. The zero-order valence-corrected chi connectivity index (χ0v) is 18.5. The lowest BCUT2D eigenvalue weighted by Gasteiger charge is -2.18. The van der Waals surface area contributed by atoms with Crippen LogP contribution in [0.25, 0.3) is 0 Å². The van der Waals surface area contributed by atoms with Crippen LogP contribution < -0.4 is 15.4 Å². The van der Waals surface area contributed by atoms with E-state index in [1.54, 1.807) is 31.4 Å². The van der Waals surface area contributed by atoms with E-state index in [0.29, 0.717) is 18.5 Å².